The average Bonchev–Trinajstić information content (AvgIpc) is 2.82. The Balaban J connectivity index is 1.70. The van der Waals surface area contributed by atoms with Crippen LogP contribution >= 0.6 is 0 Å². The minimum atomic E-state index is -0.796. The van der Waals surface area contributed by atoms with Gasteiger partial charge < -0.3 is 10.2 Å². The van der Waals surface area contributed by atoms with Gasteiger partial charge >= 0.3 is 6.03 Å². The van der Waals surface area contributed by atoms with Gasteiger partial charge in [-0.15, -0.1) is 0 Å². The molecular weight excluding hydrogens is 306 g/mol. The Morgan fingerprint density at radius 1 is 1.25 bits per heavy atom. The average molecular weight is 329 g/mol. The van der Waals surface area contributed by atoms with Crippen molar-refractivity contribution < 1.29 is 14.4 Å². The van der Waals surface area contributed by atoms with Gasteiger partial charge in [0.15, 0.2) is 0 Å². The fourth-order valence-electron chi connectivity index (χ4n) is 3.45. The lowest BCUT2D eigenvalue weighted by atomic mass is 9.77. The maximum absolute atomic E-state index is 12.8. The van der Waals surface area contributed by atoms with Crippen LogP contribution in [0.2, 0.25) is 0 Å². The van der Waals surface area contributed by atoms with Crippen molar-refractivity contribution in [1.82, 2.24) is 10.2 Å². The largest absolute Gasteiger partial charge is 0.325 e. The summed E-state index contributed by atoms with van der Waals surface area (Å²) in [7, 11) is 1.65. The second kappa shape index (κ2) is 6.26. The number of carbonyl (C=O) groups is 3. The number of carbonyl (C=O) groups excluding carboxylic acids is 3. The summed E-state index contributed by atoms with van der Waals surface area (Å²) in [5.74, 6) is 0.0281. The van der Waals surface area contributed by atoms with E-state index >= 15 is 0 Å². The zero-order chi connectivity index (χ0) is 17.3. The van der Waals surface area contributed by atoms with Crippen molar-refractivity contribution in [3.05, 3.63) is 30.3 Å². The minimum Gasteiger partial charge on any atom is -0.323 e. The summed E-state index contributed by atoms with van der Waals surface area (Å²) >= 11 is 0. The Morgan fingerprint density at radius 3 is 2.50 bits per heavy atom. The summed E-state index contributed by atoms with van der Waals surface area (Å²) in [6.07, 6.45) is 3.13. The van der Waals surface area contributed by atoms with E-state index in [-0.39, 0.29) is 18.4 Å². The van der Waals surface area contributed by atoms with Gasteiger partial charge in [0.1, 0.15) is 12.1 Å². The lowest BCUT2D eigenvalue weighted by Crippen LogP contribution is -2.50. The Labute approximate surface area is 141 Å². The Morgan fingerprint density at radius 2 is 1.88 bits per heavy atom. The fraction of sp³-hybridized carbons (Fsp3) is 0.500. The molecule has 4 amide bonds. The van der Waals surface area contributed by atoms with Gasteiger partial charge in [0.2, 0.25) is 5.91 Å². The van der Waals surface area contributed by atoms with Crippen LogP contribution < -0.4 is 10.2 Å². The van der Waals surface area contributed by atoms with Crippen molar-refractivity contribution in [2.24, 2.45) is 5.92 Å². The van der Waals surface area contributed by atoms with Gasteiger partial charge in [-0.1, -0.05) is 25.1 Å². The van der Waals surface area contributed by atoms with Crippen molar-refractivity contribution in [3.8, 4) is 0 Å². The van der Waals surface area contributed by atoms with Crippen LogP contribution in [0.25, 0.3) is 0 Å². The van der Waals surface area contributed by atoms with Crippen LogP contribution in [0.5, 0.6) is 0 Å². The van der Waals surface area contributed by atoms with E-state index < -0.39 is 11.6 Å². The Hall–Kier alpha value is -2.37. The van der Waals surface area contributed by atoms with Crippen LogP contribution in [-0.2, 0) is 9.59 Å². The topological polar surface area (TPSA) is 69.7 Å². The molecular formula is C18H23N3O3. The summed E-state index contributed by atoms with van der Waals surface area (Å²) in [6.45, 7) is 1.93. The number of amides is 4. The number of hydrogen-bond acceptors (Lipinski definition) is 3. The maximum Gasteiger partial charge on any atom is 0.325 e. The van der Waals surface area contributed by atoms with Crippen molar-refractivity contribution >= 4 is 23.5 Å². The molecule has 1 heterocycles. The number of nitrogens with zero attached hydrogens (tertiary/aromatic N) is 2. The summed E-state index contributed by atoms with van der Waals surface area (Å²) in [5.41, 5.74) is -0.0643. The fourth-order valence-corrected chi connectivity index (χ4v) is 3.45. The number of hydrogen-bond donors (Lipinski definition) is 1. The Bertz CT molecular complexity index is 651. The first kappa shape index (κ1) is 16.5. The summed E-state index contributed by atoms with van der Waals surface area (Å²) in [4.78, 5) is 40.0. The van der Waals surface area contributed by atoms with E-state index in [1.807, 2.05) is 30.3 Å². The van der Waals surface area contributed by atoms with Crippen molar-refractivity contribution in [1.29, 1.82) is 0 Å². The predicted octanol–water partition coefficient (Wildman–Crippen LogP) is 2.15. The summed E-state index contributed by atoms with van der Waals surface area (Å²) in [6, 6.07) is 8.72. The standard InChI is InChI=1S/C18H23N3O3/c1-13-8-10-18(11-9-13)16(23)21(17(24)19-18)12-15(22)20(2)14-6-4-3-5-7-14/h3-7,13H,8-12H2,1-2H3,(H,19,24). The highest BCUT2D eigenvalue weighted by Crippen LogP contribution is 2.36. The molecule has 1 spiro atoms. The molecule has 128 valence electrons. The van der Waals surface area contributed by atoms with Gasteiger partial charge in [-0.2, -0.15) is 0 Å². The van der Waals surface area contributed by atoms with Crippen LogP contribution in [0.3, 0.4) is 0 Å². The quantitative estimate of drug-likeness (QED) is 0.864. The van der Waals surface area contributed by atoms with Crippen LogP contribution in [0, 0.1) is 5.92 Å². The first-order valence-electron chi connectivity index (χ1n) is 8.39. The highest BCUT2D eigenvalue weighted by atomic mass is 16.2. The molecule has 1 aliphatic heterocycles. The predicted molar refractivity (Wildman–Crippen MR) is 90.5 cm³/mol. The number of benzene rings is 1. The molecule has 1 aromatic carbocycles. The second-order valence-corrected chi connectivity index (χ2v) is 6.87. The smallest absolute Gasteiger partial charge is 0.323 e. The third-order valence-electron chi connectivity index (χ3n) is 5.18. The van der Waals surface area contributed by atoms with E-state index in [9.17, 15) is 14.4 Å². The molecule has 1 saturated carbocycles. The molecule has 0 radical (unpaired) electrons. The van der Waals surface area contributed by atoms with E-state index in [1.165, 1.54) is 4.90 Å². The minimum absolute atomic E-state index is 0.229. The SMILES string of the molecule is CC1CCC2(CC1)NC(=O)N(CC(=O)N(C)c1ccccc1)C2=O. The molecule has 0 aromatic heterocycles. The van der Waals surface area contributed by atoms with Crippen LogP contribution in [-0.4, -0.2) is 41.9 Å². The summed E-state index contributed by atoms with van der Waals surface area (Å²) < 4.78 is 0. The molecule has 6 nitrogen and oxygen atoms in total. The molecule has 0 atom stereocenters. The lowest BCUT2D eigenvalue weighted by molar-refractivity contribution is -0.135. The first-order chi connectivity index (χ1) is 11.4. The number of para-hydroxylation sites is 1. The number of imide groups is 1. The number of urea groups is 1. The third kappa shape index (κ3) is 2.88. The second-order valence-electron chi connectivity index (χ2n) is 6.87. The van der Waals surface area contributed by atoms with Gasteiger partial charge in [-0.25, -0.2) is 4.79 Å². The van der Waals surface area contributed by atoms with Crippen molar-refractivity contribution in [2.75, 3.05) is 18.5 Å². The normalized spacial score (nSPS) is 26.6. The first-order valence-corrected chi connectivity index (χ1v) is 8.39. The van der Waals surface area contributed by atoms with E-state index in [2.05, 4.69) is 12.2 Å². The van der Waals surface area contributed by atoms with E-state index in [4.69, 9.17) is 0 Å². The van der Waals surface area contributed by atoms with E-state index in [0.29, 0.717) is 18.8 Å². The van der Waals surface area contributed by atoms with E-state index in [0.717, 1.165) is 23.4 Å². The molecule has 1 aromatic rings. The van der Waals surface area contributed by atoms with Crippen LogP contribution in [0.15, 0.2) is 30.3 Å². The van der Waals surface area contributed by atoms with Crippen LogP contribution in [0.4, 0.5) is 10.5 Å². The molecule has 1 saturated heterocycles. The number of nitrogens with one attached hydrogen (secondary N) is 1. The van der Waals surface area contributed by atoms with Gasteiger partial charge in [0, 0.05) is 12.7 Å². The zero-order valence-corrected chi connectivity index (χ0v) is 14.1. The molecule has 2 fully saturated rings. The molecule has 0 unspecified atom stereocenters. The van der Waals surface area contributed by atoms with Gasteiger partial charge in [0.05, 0.1) is 0 Å². The number of rotatable bonds is 3. The van der Waals surface area contributed by atoms with E-state index in [1.54, 1.807) is 7.05 Å². The van der Waals surface area contributed by atoms with Gasteiger partial charge in [-0.05, 0) is 43.7 Å². The van der Waals surface area contributed by atoms with Crippen LogP contribution in [0.1, 0.15) is 32.6 Å². The molecule has 1 N–H and O–H groups in total. The number of likely N-dealkylation sites (N-methyl/N-ethyl adjacent to an activating group) is 1. The molecule has 3 rings (SSSR count). The van der Waals surface area contributed by atoms with Crippen molar-refractivity contribution in [2.45, 2.75) is 38.1 Å². The highest BCUT2D eigenvalue weighted by Gasteiger charge is 2.52. The molecule has 6 heteroatoms. The Kier molecular flexibility index (Phi) is 4.30. The van der Waals surface area contributed by atoms with Crippen molar-refractivity contribution in [3.63, 3.8) is 0 Å². The molecule has 2 aliphatic rings. The maximum atomic E-state index is 12.8. The monoisotopic (exact) mass is 329 g/mol. The molecule has 0 bridgehead atoms. The molecule has 1 aliphatic carbocycles. The van der Waals surface area contributed by atoms with Gasteiger partial charge in [0.25, 0.3) is 5.91 Å². The zero-order valence-electron chi connectivity index (χ0n) is 14.1. The number of anilines is 1. The van der Waals surface area contributed by atoms with Gasteiger partial charge in [-0.3, -0.25) is 14.5 Å². The lowest BCUT2D eigenvalue weighted by Gasteiger charge is -2.33. The third-order valence-corrected chi connectivity index (χ3v) is 5.18. The summed E-state index contributed by atoms with van der Waals surface area (Å²) in [5, 5.41) is 2.84. The highest BCUT2D eigenvalue weighted by molar-refractivity contribution is 6.10. The molecule has 24 heavy (non-hydrogen) atoms.